The minimum atomic E-state index is -0.288. The Bertz CT molecular complexity index is 551. The van der Waals surface area contributed by atoms with Crippen LogP contribution in [0.4, 0.5) is 4.39 Å². The fraction of sp³-hybridized carbons (Fsp3) is 0.267. The van der Waals surface area contributed by atoms with Gasteiger partial charge in [0.1, 0.15) is 5.82 Å². The third-order valence-electron chi connectivity index (χ3n) is 2.95. The summed E-state index contributed by atoms with van der Waals surface area (Å²) in [6.07, 6.45) is 3.47. The molecule has 0 radical (unpaired) electrons. The summed E-state index contributed by atoms with van der Waals surface area (Å²) in [6, 6.07) is 8.30. The lowest BCUT2D eigenvalue weighted by Crippen LogP contribution is -2.26. The van der Waals surface area contributed by atoms with Crippen molar-refractivity contribution in [1.82, 2.24) is 9.88 Å². The Labute approximate surface area is 122 Å². The van der Waals surface area contributed by atoms with Crippen molar-refractivity contribution in [3.63, 3.8) is 0 Å². The van der Waals surface area contributed by atoms with E-state index in [0.717, 1.165) is 5.56 Å². The Morgan fingerprint density at radius 2 is 2.10 bits per heavy atom. The van der Waals surface area contributed by atoms with Gasteiger partial charge in [0.15, 0.2) is 0 Å². The van der Waals surface area contributed by atoms with Gasteiger partial charge in [-0.25, -0.2) is 4.39 Å². The van der Waals surface area contributed by atoms with Gasteiger partial charge in [0.25, 0.3) is 0 Å². The van der Waals surface area contributed by atoms with E-state index in [2.05, 4.69) is 4.98 Å². The topological polar surface area (TPSA) is 36.4 Å². The van der Waals surface area contributed by atoms with Gasteiger partial charge in [-0.1, -0.05) is 17.7 Å². The minimum Gasteiger partial charge on any atom is -0.395 e. The maximum atomic E-state index is 13.7. The highest BCUT2D eigenvalue weighted by atomic mass is 35.5. The molecular weight excluding hydrogens is 279 g/mol. The number of pyridine rings is 1. The molecule has 0 spiro atoms. The average molecular weight is 295 g/mol. The van der Waals surface area contributed by atoms with Crippen molar-refractivity contribution in [2.45, 2.75) is 13.1 Å². The van der Waals surface area contributed by atoms with E-state index in [-0.39, 0.29) is 12.4 Å². The van der Waals surface area contributed by atoms with E-state index >= 15 is 0 Å². The maximum absolute atomic E-state index is 13.7. The number of benzene rings is 1. The van der Waals surface area contributed by atoms with Crippen LogP contribution in [0.3, 0.4) is 0 Å². The number of rotatable bonds is 6. The van der Waals surface area contributed by atoms with Gasteiger partial charge in [0, 0.05) is 42.6 Å². The van der Waals surface area contributed by atoms with Crippen molar-refractivity contribution in [3.05, 3.63) is 64.7 Å². The first-order valence-corrected chi connectivity index (χ1v) is 6.73. The first kappa shape index (κ1) is 14.9. The van der Waals surface area contributed by atoms with Crippen LogP contribution in [0, 0.1) is 5.82 Å². The van der Waals surface area contributed by atoms with Crippen molar-refractivity contribution >= 4 is 11.6 Å². The molecule has 0 saturated heterocycles. The third-order valence-corrected chi connectivity index (χ3v) is 3.18. The molecule has 1 N–H and O–H groups in total. The number of nitrogens with zero attached hydrogens (tertiary/aromatic N) is 2. The molecule has 2 aromatic rings. The van der Waals surface area contributed by atoms with E-state index in [9.17, 15) is 4.39 Å². The second-order valence-corrected chi connectivity index (χ2v) is 4.97. The quantitative estimate of drug-likeness (QED) is 0.890. The molecule has 0 fully saturated rings. The SMILES string of the molecule is OCCN(Cc1cccnc1)Cc1cc(Cl)ccc1F. The van der Waals surface area contributed by atoms with Crippen LogP contribution >= 0.6 is 11.6 Å². The molecule has 0 saturated carbocycles. The van der Waals surface area contributed by atoms with Gasteiger partial charge in [0.2, 0.25) is 0 Å². The average Bonchev–Trinajstić information content (AvgIpc) is 2.44. The van der Waals surface area contributed by atoms with E-state index in [1.165, 1.54) is 12.1 Å². The Morgan fingerprint density at radius 3 is 2.80 bits per heavy atom. The molecule has 0 aliphatic rings. The third kappa shape index (κ3) is 4.27. The molecular formula is C15H16ClFN2O. The van der Waals surface area contributed by atoms with Crippen LogP contribution < -0.4 is 0 Å². The molecule has 20 heavy (non-hydrogen) atoms. The summed E-state index contributed by atoms with van der Waals surface area (Å²) in [5, 5.41) is 9.65. The van der Waals surface area contributed by atoms with Gasteiger partial charge in [-0.05, 0) is 29.8 Å². The van der Waals surface area contributed by atoms with Crippen LogP contribution in [-0.2, 0) is 13.1 Å². The predicted octanol–water partition coefficient (Wildman–Crippen LogP) is 2.87. The van der Waals surface area contributed by atoms with Crippen LogP contribution in [0.2, 0.25) is 5.02 Å². The summed E-state index contributed by atoms with van der Waals surface area (Å²) in [5.41, 5.74) is 1.54. The van der Waals surface area contributed by atoms with Gasteiger partial charge in [0.05, 0.1) is 6.61 Å². The molecule has 1 aromatic heterocycles. The molecule has 0 bridgehead atoms. The molecule has 0 atom stereocenters. The van der Waals surface area contributed by atoms with Crippen molar-refractivity contribution in [1.29, 1.82) is 0 Å². The molecule has 106 valence electrons. The lowest BCUT2D eigenvalue weighted by molar-refractivity contribution is 0.182. The summed E-state index contributed by atoms with van der Waals surface area (Å²) < 4.78 is 13.7. The molecule has 0 amide bonds. The van der Waals surface area contributed by atoms with Gasteiger partial charge >= 0.3 is 0 Å². The molecule has 1 heterocycles. The highest BCUT2D eigenvalue weighted by Gasteiger charge is 2.10. The van der Waals surface area contributed by atoms with Crippen molar-refractivity contribution in [2.75, 3.05) is 13.2 Å². The molecule has 0 aliphatic heterocycles. The molecule has 1 aromatic carbocycles. The van der Waals surface area contributed by atoms with Crippen molar-refractivity contribution in [3.8, 4) is 0 Å². The van der Waals surface area contributed by atoms with E-state index in [1.54, 1.807) is 18.5 Å². The van der Waals surface area contributed by atoms with Gasteiger partial charge in [-0.3, -0.25) is 9.88 Å². The van der Waals surface area contributed by atoms with Crippen molar-refractivity contribution in [2.24, 2.45) is 0 Å². The minimum absolute atomic E-state index is 0.0163. The number of hydrogen-bond acceptors (Lipinski definition) is 3. The van der Waals surface area contributed by atoms with Gasteiger partial charge in [-0.15, -0.1) is 0 Å². The Hall–Kier alpha value is -1.49. The van der Waals surface area contributed by atoms with E-state index in [1.807, 2.05) is 17.0 Å². The van der Waals surface area contributed by atoms with E-state index < -0.39 is 0 Å². The zero-order chi connectivity index (χ0) is 14.4. The number of hydrogen-bond donors (Lipinski definition) is 1. The van der Waals surface area contributed by atoms with Crippen LogP contribution in [-0.4, -0.2) is 28.1 Å². The number of aliphatic hydroxyl groups is 1. The van der Waals surface area contributed by atoms with Gasteiger partial charge < -0.3 is 5.11 Å². The molecule has 0 aliphatic carbocycles. The predicted molar refractivity (Wildman–Crippen MR) is 76.8 cm³/mol. The van der Waals surface area contributed by atoms with Crippen molar-refractivity contribution < 1.29 is 9.50 Å². The maximum Gasteiger partial charge on any atom is 0.127 e. The summed E-state index contributed by atoms with van der Waals surface area (Å²) in [4.78, 5) is 6.00. The van der Waals surface area contributed by atoms with E-state index in [4.69, 9.17) is 16.7 Å². The molecule has 2 rings (SSSR count). The largest absolute Gasteiger partial charge is 0.395 e. The molecule has 0 unspecified atom stereocenters. The fourth-order valence-electron chi connectivity index (χ4n) is 2.01. The number of aliphatic hydroxyl groups excluding tert-OH is 1. The molecule has 5 heteroatoms. The Kier molecular flexibility index (Phi) is 5.47. The van der Waals surface area contributed by atoms with E-state index in [0.29, 0.717) is 30.2 Å². The van der Waals surface area contributed by atoms with Crippen LogP contribution in [0.1, 0.15) is 11.1 Å². The van der Waals surface area contributed by atoms with Gasteiger partial charge in [-0.2, -0.15) is 0 Å². The standard InChI is InChI=1S/C15H16ClFN2O/c16-14-3-4-15(17)13(8-14)11-19(6-7-20)10-12-2-1-5-18-9-12/h1-5,8-9,20H,6-7,10-11H2. The van der Waals surface area contributed by atoms with Crippen LogP contribution in [0.25, 0.3) is 0 Å². The Balaban J connectivity index is 2.11. The summed E-state index contributed by atoms with van der Waals surface area (Å²) >= 11 is 5.89. The normalized spacial score (nSPS) is 11.0. The lowest BCUT2D eigenvalue weighted by Gasteiger charge is -2.21. The first-order chi connectivity index (χ1) is 9.69. The smallest absolute Gasteiger partial charge is 0.127 e. The second-order valence-electron chi connectivity index (χ2n) is 4.53. The summed E-state index contributed by atoms with van der Waals surface area (Å²) in [6.45, 7) is 1.46. The zero-order valence-corrected chi connectivity index (χ0v) is 11.7. The number of aromatic nitrogens is 1. The van der Waals surface area contributed by atoms with Crippen LogP contribution in [0.5, 0.6) is 0 Å². The second kappa shape index (κ2) is 7.33. The number of halogens is 2. The lowest BCUT2D eigenvalue weighted by atomic mass is 10.2. The van der Waals surface area contributed by atoms with Crippen LogP contribution in [0.15, 0.2) is 42.7 Å². The first-order valence-electron chi connectivity index (χ1n) is 6.35. The highest BCUT2D eigenvalue weighted by Crippen LogP contribution is 2.17. The summed E-state index contributed by atoms with van der Waals surface area (Å²) in [7, 11) is 0. The monoisotopic (exact) mass is 294 g/mol. The summed E-state index contributed by atoms with van der Waals surface area (Å²) in [5.74, 6) is -0.288. The molecule has 3 nitrogen and oxygen atoms in total. The fourth-order valence-corrected chi connectivity index (χ4v) is 2.21. The zero-order valence-electron chi connectivity index (χ0n) is 11.0. The highest BCUT2D eigenvalue weighted by molar-refractivity contribution is 6.30. The Morgan fingerprint density at radius 1 is 1.25 bits per heavy atom.